The number of anilines is 2. The Morgan fingerprint density at radius 3 is 2.35 bits per heavy atom. The molecule has 0 unspecified atom stereocenters. The van der Waals surface area contributed by atoms with E-state index in [1.165, 1.54) is 6.21 Å². The minimum atomic E-state index is -0.944. The minimum absolute atomic E-state index is 0.0283. The molecule has 174 valence electrons. The first-order valence-corrected chi connectivity index (χ1v) is 10.3. The number of hydrogen-bond donors (Lipinski definition) is 4. The molecule has 1 aromatic heterocycles. The molecule has 1 heterocycles. The average molecular weight is 461 g/mol. The van der Waals surface area contributed by atoms with E-state index in [9.17, 15) is 19.2 Å². The van der Waals surface area contributed by atoms with Crippen LogP contribution in [0.3, 0.4) is 0 Å². The minimum Gasteiger partial charge on any atom is -0.458 e. The van der Waals surface area contributed by atoms with Gasteiger partial charge in [0, 0.05) is 11.4 Å². The number of carbonyl (C=O) groups excluding carboxylic acids is 4. The largest absolute Gasteiger partial charge is 0.458 e. The summed E-state index contributed by atoms with van der Waals surface area (Å²) in [5, 5.41) is 11.1. The summed E-state index contributed by atoms with van der Waals surface area (Å²) >= 11 is 0. The number of furan rings is 1. The van der Waals surface area contributed by atoms with Crippen molar-refractivity contribution in [3.8, 4) is 0 Å². The monoisotopic (exact) mass is 461 g/mol. The standard InChI is InChI=1S/C24H23N5O5/c1-15-8-9-16(2)20(12-15)28-23(32)24(33)29-26-14-19-11-10-18(34-19)13-25-21(30)22(31)27-17-6-4-3-5-7-17/h3-12,14H,13H2,1-2H3,(H,25,30)(H,27,31)(H,28,32)(H,29,33)/b26-14+. The molecule has 4 N–H and O–H groups in total. The van der Waals surface area contributed by atoms with Crippen LogP contribution in [-0.4, -0.2) is 29.8 Å². The van der Waals surface area contributed by atoms with E-state index in [1.807, 2.05) is 26.0 Å². The highest BCUT2D eigenvalue weighted by atomic mass is 16.3. The van der Waals surface area contributed by atoms with E-state index in [2.05, 4.69) is 26.5 Å². The molecule has 0 atom stereocenters. The molecular weight excluding hydrogens is 438 g/mol. The number of nitrogens with one attached hydrogen (secondary N) is 4. The summed E-state index contributed by atoms with van der Waals surface area (Å²) in [5.41, 5.74) is 4.93. The van der Waals surface area contributed by atoms with Gasteiger partial charge in [0.2, 0.25) is 0 Å². The molecule has 0 saturated heterocycles. The molecule has 0 saturated carbocycles. The molecule has 4 amide bonds. The van der Waals surface area contributed by atoms with Gasteiger partial charge >= 0.3 is 23.6 Å². The molecule has 0 radical (unpaired) electrons. The molecule has 0 aliphatic heterocycles. The first-order chi connectivity index (χ1) is 16.3. The number of carbonyl (C=O) groups is 4. The number of para-hydroxylation sites is 1. The zero-order valence-electron chi connectivity index (χ0n) is 18.5. The van der Waals surface area contributed by atoms with Crippen molar-refractivity contribution in [1.29, 1.82) is 0 Å². The van der Waals surface area contributed by atoms with Gasteiger partial charge in [-0.15, -0.1) is 0 Å². The molecule has 0 fully saturated rings. The first-order valence-electron chi connectivity index (χ1n) is 10.3. The maximum absolute atomic E-state index is 12.0. The Morgan fingerprint density at radius 2 is 1.59 bits per heavy atom. The second kappa shape index (κ2) is 11.2. The van der Waals surface area contributed by atoms with Crippen LogP contribution in [0.1, 0.15) is 22.6 Å². The Labute approximate surface area is 195 Å². The van der Waals surface area contributed by atoms with Crippen molar-refractivity contribution in [2.75, 3.05) is 10.6 Å². The Kier molecular flexibility index (Phi) is 7.90. The normalized spacial score (nSPS) is 10.5. The number of rotatable bonds is 6. The van der Waals surface area contributed by atoms with Crippen LogP contribution in [-0.2, 0) is 25.7 Å². The topological polar surface area (TPSA) is 142 Å². The predicted molar refractivity (Wildman–Crippen MR) is 126 cm³/mol. The fraction of sp³-hybridized carbons (Fsp3) is 0.125. The zero-order chi connectivity index (χ0) is 24.5. The van der Waals surface area contributed by atoms with E-state index in [0.717, 1.165) is 11.1 Å². The van der Waals surface area contributed by atoms with Gasteiger partial charge in [-0.3, -0.25) is 19.2 Å². The zero-order valence-corrected chi connectivity index (χ0v) is 18.5. The molecule has 3 aromatic rings. The third-order valence-electron chi connectivity index (χ3n) is 4.55. The maximum Gasteiger partial charge on any atom is 0.329 e. The van der Waals surface area contributed by atoms with Gasteiger partial charge in [0.25, 0.3) is 0 Å². The van der Waals surface area contributed by atoms with Gasteiger partial charge < -0.3 is 20.4 Å². The number of hydrogen-bond acceptors (Lipinski definition) is 6. The van der Waals surface area contributed by atoms with Gasteiger partial charge in [-0.1, -0.05) is 30.3 Å². The fourth-order valence-corrected chi connectivity index (χ4v) is 2.77. The lowest BCUT2D eigenvalue weighted by Gasteiger charge is -2.08. The number of nitrogens with zero attached hydrogens (tertiary/aromatic N) is 1. The van der Waals surface area contributed by atoms with E-state index in [-0.39, 0.29) is 12.3 Å². The van der Waals surface area contributed by atoms with Crippen LogP contribution in [0.4, 0.5) is 11.4 Å². The van der Waals surface area contributed by atoms with Crippen molar-refractivity contribution in [3.05, 3.63) is 83.3 Å². The highest BCUT2D eigenvalue weighted by molar-refractivity contribution is 6.40. The van der Waals surface area contributed by atoms with E-state index < -0.39 is 23.6 Å². The third-order valence-corrected chi connectivity index (χ3v) is 4.55. The van der Waals surface area contributed by atoms with Gasteiger partial charge in [-0.2, -0.15) is 5.10 Å². The fourth-order valence-electron chi connectivity index (χ4n) is 2.77. The van der Waals surface area contributed by atoms with Crippen LogP contribution in [0.5, 0.6) is 0 Å². The van der Waals surface area contributed by atoms with E-state index >= 15 is 0 Å². The Balaban J connectivity index is 1.44. The summed E-state index contributed by atoms with van der Waals surface area (Å²) in [6.07, 6.45) is 1.20. The van der Waals surface area contributed by atoms with Crippen molar-refractivity contribution in [3.63, 3.8) is 0 Å². The number of hydrazone groups is 1. The van der Waals surface area contributed by atoms with Crippen LogP contribution in [0.15, 0.2) is 70.2 Å². The van der Waals surface area contributed by atoms with Crippen molar-refractivity contribution in [2.24, 2.45) is 5.10 Å². The summed E-state index contributed by atoms with van der Waals surface area (Å²) in [4.78, 5) is 47.8. The molecule has 0 aliphatic rings. The van der Waals surface area contributed by atoms with Crippen molar-refractivity contribution in [2.45, 2.75) is 20.4 Å². The second-order valence-corrected chi connectivity index (χ2v) is 7.28. The van der Waals surface area contributed by atoms with Gasteiger partial charge in [0.05, 0.1) is 12.8 Å². The number of benzene rings is 2. The van der Waals surface area contributed by atoms with Gasteiger partial charge in [0.15, 0.2) is 0 Å². The van der Waals surface area contributed by atoms with Crippen molar-refractivity contribution >= 4 is 41.2 Å². The molecule has 10 nitrogen and oxygen atoms in total. The molecule has 34 heavy (non-hydrogen) atoms. The van der Waals surface area contributed by atoms with Gasteiger partial charge in [-0.25, -0.2) is 5.43 Å². The molecule has 0 bridgehead atoms. The van der Waals surface area contributed by atoms with Crippen LogP contribution in [0, 0.1) is 13.8 Å². The molecule has 0 aliphatic carbocycles. The molecule has 0 spiro atoms. The lowest BCUT2D eigenvalue weighted by Crippen LogP contribution is -2.34. The SMILES string of the molecule is Cc1ccc(C)c(NC(=O)C(=O)N/N=C/c2ccc(CNC(=O)C(=O)Nc3ccccc3)o2)c1. The quantitative estimate of drug-likeness (QED) is 0.253. The highest BCUT2D eigenvalue weighted by Gasteiger charge is 2.15. The van der Waals surface area contributed by atoms with E-state index in [0.29, 0.717) is 17.1 Å². The smallest absolute Gasteiger partial charge is 0.329 e. The second-order valence-electron chi connectivity index (χ2n) is 7.28. The van der Waals surface area contributed by atoms with Gasteiger partial charge in [0.1, 0.15) is 11.5 Å². The van der Waals surface area contributed by atoms with Crippen LogP contribution in [0.2, 0.25) is 0 Å². The summed E-state index contributed by atoms with van der Waals surface area (Å²) in [7, 11) is 0. The number of amides is 4. The van der Waals surface area contributed by atoms with E-state index in [4.69, 9.17) is 4.42 Å². The van der Waals surface area contributed by atoms with Crippen LogP contribution >= 0.6 is 0 Å². The Morgan fingerprint density at radius 1 is 0.853 bits per heavy atom. The molecule has 10 heteroatoms. The lowest BCUT2D eigenvalue weighted by atomic mass is 10.1. The van der Waals surface area contributed by atoms with Gasteiger partial charge in [-0.05, 0) is 55.3 Å². The van der Waals surface area contributed by atoms with Crippen LogP contribution < -0.4 is 21.4 Å². The Bertz CT molecular complexity index is 1230. The van der Waals surface area contributed by atoms with Crippen molar-refractivity contribution in [1.82, 2.24) is 10.7 Å². The lowest BCUT2D eigenvalue weighted by molar-refractivity contribution is -0.136. The van der Waals surface area contributed by atoms with E-state index in [1.54, 1.807) is 48.5 Å². The average Bonchev–Trinajstić information content (AvgIpc) is 3.28. The molecule has 3 rings (SSSR count). The summed E-state index contributed by atoms with van der Waals surface area (Å²) in [6, 6.07) is 17.2. The summed E-state index contributed by atoms with van der Waals surface area (Å²) in [5.74, 6) is -2.79. The third kappa shape index (κ3) is 6.89. The molecular formula is C24H23N5O5. The highest BCUT2D eigenvalue weighted by Crippen LogP contribution is 2.16. The first kappa shape index (κ1) is 23.9. The number of aryl methyl sites for hydroxylation is 2. The summed E-state index contributed by atoms with van der Waals surface area (Å²) in [6.45, 7) is 3.67. The maximum atomic E-state index is 12.0. The van der Waals surface area contributed by atoms with Crippen LogP contribution in [0.25, 0.3) is 0 Å². The molecule has 2 aromatic carbocycles. The summed E-state index contributed by atoms with van der Waals surface area (Å²) < 4.78 is 5.45. The Hall–Kier alpha value is -4.73. The van der Waals surface area contributed by atoms with Crippen molar-refractivity contribution < 1.29 is 23.6 Å². The predicted octanol–water partition coefficient (Wildman–Crippen LogP) is 2.24.